The van der Waals surface area contributed by atoms with E-state index in [-0.39, 0.29) is 11.8 Å². The maximum Gasteiger partial charge on any atom is 0.263 e. The molecule has 2 aromatic carbocycles. The second-order valence-corrected chi connectivity index (χ2v) is 7.63. The minimum atomic E-state index is -0.662. The van der Waals surface area contributed by atoms with E-state index in [1.165, 1.54) is 12.1 Å². The van der Waals surface area contributed by atoms with Crippen molar-refractivity contribution in [3.05, 3.63) is 59.4 Å². The third-order valence-electron chi connectivity index (χ3n) is 5.13. The van der Waals surface area contributed by atoms with Crippen molar-refractivity contribution < 1.29 is 18.7 Å². The van der Waals surface area contributed by atoms with Gasteiger partial charge < -0.3 is 15.0 Å². The second-order valence-electron chi connectivity index (χ2n) is 7.23. The first kappa shape index (κ1) is 22.1. The molecule has 0 aliphatic carbocycles. The Morgan fingerprint density at radius 2 is 1.77 bits per heavy atom. The van der Waals surface area contributed by atoms with Crippen molar-refractivity contribution in [1.29, 1.82) is 0 Å². The van der Waals surface area contributed by atoms with E-state index >= 15 is 0 Å². The zero-order valence-electron chi connectivity index (χ0n) is 17.0. The number of para-hydroxylation sites is 1. The van der Waals surface area contributed by atoms with Crippen LogP contribution in [0.1, 0.15) is 13.8 Å². The number of hydrogen-bond donors (Lipinski definition) is 1. The standard InChI is InChI=1S/C22H25ClFN3O3/c1-15(21(28)25-18-7-5-6-17(24)14-18)26-10-12-27(13-11-26)22(29)16(2)30-20-9-4-3-8-19(20)23/h3-9,14-16H,10-13H2,1-2H3,(H,25,28). The lowest BCUT2D eigenvalue weighted by atomic mass is 10.2. The van der Waals surface area contributed by atoms with Crippen molar-refractivity contribution in [2.24, 2.45) is 0 Å². The van der Waals surface area contributed by atoms with E-state index in [2.05, 4.69) is 5.32 Å². The SMILES string of the molecule is CC(Oc1ccccc1Cl)C(=O)N1CCN(C(C)C(=O)Nc2cccc(F)c2)CC1. The molecule has 1 aliphatic rings. The van der Waals surface area contributed by atoms with E-state index in [1.54, 1.807) is 55.1 Å². The fourth-order valence-electron chi connectivity index (χ4n) is 3.35. The highest BCUT2D eigenvalue weighted by atomic mass is 35.5. The highest BCUT2D eigenvalue weighted by Crippen LogP contribution is 2.24. The molecular formula is C22H25ClFN3O3. The van der Waals surface area contributed by atoms with Crippen LogP contribution in [0.15, 0.2) is 48.5 Å². The molecule has 0 saturated carbocycles. The monoisotopic (exact) mass is 433 g/mol. The smallest absolute Gasteiger partial charge is 0.263 e. The van der Waals surface area contributed by atoms with Crippen LogP contribution in [-0.4, -0.2) is 59.9 Å². The van der Waals surface area contributed by atoms with Crippen LogP contribution in [0.4, 0.5) is 10.1 Å². The predicted molar refractivity (Wildman–Crippen MR) is 114 cm³/mol. The van der Waals surface area contributed by atoms with Crippen LogP contribution >= 0.6 is 11.6 Å². The number of amides is 2. The first-order valence-electron chi connectivity index (χ1n) is 9.85. The lowest BCUT2D eigenvalue weighted by Crippen LogP contribution is -2.55. The summed E-state index contributed by atoms with van der Waals surface area (Å²) in [4.78, 5) is 28.9. The molecule has 8 heteroatoms. The van der Waals surface area contributed by atoms with Crippen molar-refractivity contribution >= 4 is 29.1 Å². The molecule has 1 fully saturated rings. The molecule has 3 rings (SSSR count). The largest absolute Gasteiger partial charge is 0.479 e. The Balaban J connectivity index is 1.50. The number of anilines is 1. The Kier molecular flexibility index (Phi) is 7.29. The van der Waals surface area contributed by atoms with Crippen molar-refractivity contribution in [2.75, 3.05) is 31.5 Å². The number of rotatable bonds is 6. The van der Waals surface area contributed by atoms with Crippen molar-refractivity contribution in [1.82, 2.24) is 9.80 Å². The van der Waals surface area contributed by atoms with E-state index in [9.17, 15) is 14.0 Å². The Hall–Kier alpha value is -2.64. The lowest BCUT2D eigenvalue weighted by Gasteiger charge is -2.38. The molecule has 1 aliphatic heterocycles. The third-order valence-corrected chi connectivity index (χ3v) is 5.45. The maximum absolute atomic E-state index is 13.3. The van der Waals surface area contributed by atoms with Crippen LogP contribution < -0.4 is 10.1 Å². The summed E-state index contributed by atoms with van der Waals surface area (Å²) < 4.78 is 19.0. The third kappa shape index (κ3) is 5.49. The predicted octanol–water partition coefficient (Wildman–Crippen LogP) is 3.42. The van der Waals surface area contributed by atoms with Crippen LogP contribution in [0, 0.1) is 5.82 Å². The Labute approximate surface area is 180 Å². The molecular weight excluding hydrogens is 409 g/mol. The van der Waals surface area contributed by atoms with Crippen LogP contribution in [0.3, 0.4) is 0 Å². The summed E-state index contributed by atoms with van der Waals surface area (Å²) >= 11 is 6.09. The first-order valence-corrected chi connectivity index (χ1v) is 10.2. The lowest BCUT2D eigenvalue weighted by molar-refractivity contribution is -0.140. The van der Waals surface area contributed by atoms with Gasteiger partial charge in [-0.3, -0.25) is 14.5 Å². The summed E-state index contributed by atoms with van der Waals surface area (Å²) in [5.74, 6) is -0.260. The van der Waals surface area contributed by atoms with Gasteiger partial charge in [-0.15, -0.1) is 0 Å². The van der Waals surface area contributed by atoms with E-state index in [1.807, 2.05) is 4.90 Å². The Morgan fingerprint density at radius 1 is 1.07 bits per heavy atom. The normalized spacial score (nSPS) is 16.6. The fourth-order valence-corrected chi connectivity index (χ4v) is 3.53. The summed E-state index contributed by atoms with van der Waals surface area (Å²) in [7, 11) is 0. The van der Waals surface area contributed by atoms with Gasteiger partial charge in [-0.25, -0.2) is 4.39 Å². The van der Waals surface area contributed by atoms with Gasteiger partial charge in [0.15, 0.2) is 6.10 Å². The van der Waals surface area contributed by atoms with Gasteiger partial charge in [0.25, 0.3) is 5.91 Å². The molecule has 2 amide bonds. The molecule has 0 bridgehead atoms. The van der Waals surface area contributed by atoms with Gasteiger partial charge in [0.2, 0.25) is 5.91 Å². The number of nitrogens with one attached hydrogen (secondary N) is 1. The quantitative estimate of drug-likeness (QED) is 0.758. The molecule has 0 spiro atoms. The summed E-state index contributed by atoms with van der Waals surface area (Å²) in [5, 5.41) is 3.19. The summed E-state index contributed by atoms with van der Waals surface area (Å²) in [6.07, 6.45) is -0.662. The number of ether oxygens (including phenoxy) is 1. The molecule has 30 heavy (non-hydrogen) atoms. The van der Waals surface area contributed by atoms with E-state index in [4.69, 9.17) is 16.3 Å². The molecule has 160 valence electrons. The van der Waals surface area contributed by atoms with Crippen molar-refractivity contribution in [3.8, 4) is 5.75 Å². The summed E-state index contributed by atoms with van der Waals surface area (Å²) in [5.41, 5.74) is 0.422. The molecule has 2 unspecified atom stereocenters. The average molecular weight is 434 g/mol. The highest BCUT2D eigenvalue weighted by Gasteiger charge is 2.30. The Morgan fingerprint density at radius 3 is 2.43 bits per heavy atom. The van der Waals surface area contributed by atoms with Gasteiger partial charge in [0, 0.05) is 31.9 Å². The number of carbonyl (C=O) groups excluding carboxylic acids is 2. The number of piperazine rings is 1. The summed E-state index contributed by atoms with van der Waals surface area (Å²) in [6.45, 7) is 5.60. The van der Waals surface area contributed by atoms with Crippen LogP contribution in [0.2, 0.25) is 5.02 Å². The zero-order chi connectivity index (χ0) is 21.7. The average Bonchev–Trinajstić information content (AvgIpc) is 2.74. The first-order chi connectivity index (χ1) is 14.3. The zero-order valence-corrected chi connectivity index (χ0v) is 17.7. The summed E-state index contributed by atoms with van der Waals surface area (Å²) in [6, 6.07) is 12.4. The van der Waals surface area contributed by atoms with E-state index in [0.717, 1.165) is 0 Å². The molecule has 0 aromatic heterocycles. The minimum Gasteiger partial charge on any atom is -0.479 e. The molecule has 1 saturated heterocycles. The van der Waals surface area contributed by atoms with Crippen LogP contribution in [0.5, 0.6) is 5.75 Å². The van der Waals surface area contributed by atoms with Crippen molar-refractivity contribution in [3.63, 3.8) is 0 Å². The van der Waals surface area contributed by atoms with Crippen LogP contribution in [0.25, 0.3) is 0 Å². The van der Waals surface area contributed by atoms with Gasteiger partial charge >= 0.3 is 0 Å². The molecule has 2 aromatic rings. The molecule has 1 heterocycles. The van der Waals surface area contributed by atoms with Gasteiger partial charge in [0.05, 0.1) is 11.1 Å². The number of halogens is 2. The topological polar surface area (TPSA) is 61.9 Å². The second kappa shape index (κ2) is 9.91. The fraction of sp³-hybridized carbons (Fsp3) is 0.364. The van der Waals surface area contributed by atoms with E-state index < -0.39 is 18.0 Å². The molecule has 1 N–H and O–H groups in total. The van der Waals surface area contributed by atoms with E-state index in [0.29, 0.717) is 42.6 Å². The molecule has 0 radical (unpaired) electrons. The van der Waals surface area contributed by atoms with Gasteiger partial charge in [-0.1, -0.05) is 29.8 Å². The number of nitrogens with zero attached hydrogens (tertiary/aromatic N) is 2. The maximum atomic E-state index is 13.3. The minimum absolute atomic E-state index is 0.119. The van der Waals surface area contributed by atoms with Gasteiger partial charge in [-0.05, 0) is 44.2 Å². The molecule has 6 nitrogen and oxygen atoms in total. The van der Waals surface area contributed by atoms with Gasteiger partial charge in [-0.2, -0.15) is 0 Å². The number of hydrogen-bond acceptors (Lipinski definition) is 4. The molecule has 2 atom stereocenters. The highest BCUT2D eigenvalue weighted by molar-refractivity contribution is 6.32. The Bertz CT molecular complexity index is 903. The van der Waals surface area contributed by atoms with Crippen LogP contribution in [-0.2, 0) is 9.59 Å². The van der Waals surface area contributed by atoms with Gasteiger partial charge in [0.1, 0.15) is 11.6 Å². The number of benzene rings is 2. The van der Waals surface area contributed by atoms with Crippen molar-refractivity contribution in [2.45, 2.75) is 26.0 Å². The number of carbonyl (C=O) groups is 2.